The predicted molar refractivity (Wildman–Crippen MR) is 184 cm³/mol. The van der Waals surface area contributed by atoms with Crippen molar-refractivity contribution in [2.75, 3.05) is 19.1 Å². The van der Waals surface area contributed by atoms with Crippen molar-refractivity contribution in [1.82, 2.24) is 9.88 Å². The van der Waals surface area contributed by atoms with Gasteiger partial charge in [-0.1, -0.05) is 142 Å². The number of aryl methyl sites for hydroxylation is 1. The molecule has 0 aromatic carbocycles. The first-order chi connectivity index (χ1) is 21.5. The summed E-state index contributed by atoms with van der Waals surface area (Å²) in [5, 5.41) is 0.586. The molecule has 44 heavy (non-hydrogen) atoms. The quantitative estimate of drug-likeness (QED) is 0.0587. The highest BCUT2D eigenvalue weighted by molar-refractivity contribution is 7.15. The lowest BCUT2D eigenvalue weighted by molar-refractivity contribution is -0.152. The Morgan fingerprint density at radius 3 is 1.75 bits per heavy atom. The monoisotopic (exact) mass is 635 g/mol. The van der Waals surface area contributed by atoms with Gasteiger partial charge in [0.15, 0.2) is 5.13 Å². The standard InChI is InChI=1S/C36H65N3O4S/c1-3-5-6-7-8-9-10-11-12-13-14-15-16-17-18-19-20-21-22-23-24-25-34(40)42-30-43-36(41)39(28-4-2)31-26-27-32-33(29-31)44-35(37)38-32/h31H,3-30H2,1-2H3,(H2,37,38). The summed E-state index contributed by atoms with van der Waals surface area (Å²) in [6.07, 6.45) is 31.4. The Morgan fingerprint density at radius 1 is 0.750 bits per heavy atom. The van der Waals surface area contributed by atoms with Crippen LogP contribution in [0.3, 0.4) is 0 Å². The average molecular weight is 636 g/mol. The zero-order valence-electron chi connectivity index (χ0n) is 28.4. The summed E-state index contributed by atoms with van der Waals surface area (Å²) in [4.78, 5) is 32.2. The van der Waals surface area contributed by atoms with Crippen LogP contribution in [0.15, 0.2) is 0 Å². The third kappa shape index (κ3) is 17.6. The molecule has 0 spiro atoms. The molecular weight excluding hydrogens is 570 g/mol. The molecule has 1 unspecified atom stereocenters. The van der Waals surface area contributed by atoms with E-state index in [1.165, 1.54) is 133 Å². The van der Waals surface area contributed by atoms with E-state index in [9.17, 15) is 9.59 Å². The Labute approximate surface area is 273 Å². The largest absolute Gasteiger partial charge is 0.428 e. The summed E-state index contributed by atoms with van der Waals surface area (Å²) in [6, 6.07) is 0.0599. The van der Waals surface area contributed by atoms with Crippen molar-refractivity contribution in [3.63, 3.8) is 0 Å². The molecule has 0 saturated carbocycles. The van der Waals surface area contributed by atoms with Crippen LogP contribution in [0.1, 0.15) is 179 Å². The molecule has 0 radical (unpaired) electrons. The first-order valence-corrected chi connectivity index (χ1v) is 19.2. The number of aromatic nitrogens is 1. The molecule has 1 aliphatic carbocycles. The SMILES string of the molecule is CCCCCCCCCCCCCCCCCCCCCCCC(=O)OCOC(=O)N(CCC)C1CCc2nc(N)sc2C1. The Morgan fingerprint density at radius 2 is 1.25 bits per heavy atom. The molecule has 2 rings (SSSR count). The normalized spacial score (nSPS) is 14.4. The van der Waals surface area contributed by atoms with Crippen LogP contribution in [-0.4, -0.2) is 41.3 Å². The minimum Gasteiger partial charge on any atom is -0.428 e. The number of nitrogens with two attached hydrogens (primary N) is 1. The molecule has 1 heterocycles. The average Bonchev–Trinajstić information content (AvgIpc) is 3.39. The van der Waals surface area contributed by atoms with E-state index in [1.807, 2.05) is 6.92 Å². The minimum atomic E-state index is -0.417. The lowest BCUT2D eigenvalue weighted by Gasteiger charge is -2.32. The first-order valence-electron chi connectivity index (χ1n) is 18.4. The van der Waals surface area contributed by atoms with Crippen molar-refractivity contribution in [1.29, 1.82) is 0 Å². The van der Waals surface area contributed by atoms with Crippen LogP contribution in [0.5, 0.6) is 0 Å². The fourth-order valence-electron chi connectivity index (χ4n) is 6.31. The third-order valence-corrected chi connectivity index (χ3v) is 9.91. The minimum absolute atomic E-state index is 0.0599. The number of esters is 1. The van der Waals surface area contributed by atoms with E-state index in [0.29, 0.717) is 18.1 Å². The summed E-state index contributed by atoms with van der Waals surface area (Å²) >= 11 is 1.50. The highest BCUT2D eigenvalue weighted by Crippen LogP contribution is 2.30. The number of nitrogens with zero attached hydrogens (tertiary/aromatic N) is 2. The van der Waals surface area contributed by atoms with Gasteiger partial charge in [-0.25, -0.2) is 9.78 Å². The number of amides is 1. The van der Waals surface area contributed by atoms with E-state index >= 15 is 0 Å². The predicted octanol–water partition coefficient (Wildman–Crippen LogP) is 10.5. The number of thiazole rings is 1. The third-order valence-electron chi connectivity index (χ3n) is 8.96. The molecule has 2 N–H and O–H groups in total. The molecule has 1 aromatic heterocycles. The lowest BCUT2D eigenvalue weighted by atomic mass is 9.96. The smallest absolute Gasteiger partial charge is 0.412 e. The summed E-state index contributed by atoms with van der Waals surface area (Å²) in [6.45, 7) is 4.62. The molecule has 254 valence electrons. The van der Waals surface area contributed by atoms with Crippen LogP contribution in [0.25, 0.3) is 0 Å². The Hall–Kier alpha value is -1.83. The highest BCUT2D eigenvalue weighted by atomic mass is 32.1. The van der Waals surface area contributed by atoms with E-state index in [1.54, 1.807) is 4.90 Å². The van der Waals surface area contributed by atoms with E-state index in [-0.39, 0.29) is 18.8 Å². The fourth-order valence-corrected chi connectivity index (χ4v) is 7.26. The molecule has 0 aliphatic heterocycles. The van der Waals surface area contributed by atoms with Gasteiger partial charge >= 0.3 is 12.1 Å². The van der Waals surface area contributed by atoms with E-state index in [0.717, 1.165) is 49.1 Å². The Balaban J connectivity index is 1.35. The summed E-state index contributed by atoms with van der Waals surface area (Å²) in [7, 11) is 0. The molecule has 0 bridgehead atoms. The molecule has 1 aromatic rings. The number of unbranched alkanes of at least 4 members (excludes halogenated alkanes) is 20. The Kier molecular flexibility index (Phi) is 22.1. The number of fused-ring (bicyclic) bond motifs is 1. The fraction of sp³-hybridized carbons (Fsp3) is 0.861. The molecule has 7 nitrogen and oxygen atoms in total. The van der Waals surface area contributed by atoms with Crippen molar-refractivity contribution in [2.24, 2.45) is 0 Å². The number of carbonyl (C=O) groups excluding carboxylic acids is 2. The van der Waals surface area contributed by atoms with Gasteiger partial charge in [0.25, 0.3) is 0 Å². The van der Waals surface area contributed by atoms with E-state index in [4.69, 9.17) is 15.2 Å². The van der Waals surface area contributed by atoms with Crippen molar-refractivity contribution < 1.29 is 19.1 Å². The zero-order valence-corrected chi connectivity index (χ0v) is 29.2. The maximum atomic E-state index is 12.8. The van der Waals surface area contributed by atoms with E-state index < -0.39 is 6.09 Å². The van der Waals surface area contributed by atoms with Crippen LogP contribution < -0.4 is 5.73 Å². The number of hydrogen-bond donors (Lipinski definition) is 1. The molecule has 1 aliphatic rings. The van der Waals surface area contributed by atoms with Gasteiger partial charge in [0, 0.05) is 30.3 Å². The summed E-state index contributed by atoms with van der Waals surface area (Å²) in [5.41, 5.74) is 6.92. The van der Waals surface area contributed by atoms with Crippen LogP contribution in [-0.2, 0) is 27.1 Å². The van der Waals surface area contributed by atoms with Gasteiger partial charge in [-0.2, -0.15) is 0 Å². The van der Waals surface area contributed by atoms with Gasteiger partial charge in [0.2, 0.25) is 6.79 Å². The number of rotatable bonds is 27. The topological polar surface area (TPSA) is 94.8 Å². The van der Waals surface area contributed by atoms with Gasteiger partial charge in [0.05, 0.1) is 5.69 Å². The highest BCUT2D eigenvalue weighted by Gasteiger charge is 2.30. The summed E-state index contributed by atoms with van der Waals surface area (Å²) < 4.78 is 10.5. The second kappa shape index (κ2) is 25.4. The van der Waals surface area contributed by atoms with Crippen LogP contribution in [0, 0.1) is 0 Å². The molecule has 0 saturated heterocycles. The molecule has 8 heteroatoms. The maximum Gasteiger partial charge on any atom is 0.412 e. The second-order valence-electron chi connectivity index (χ2n) is 12.9. The van der Waals surface area contributed by atoms with Crippen LogP contribution in [0.2, 0.25) is 0 Å². The van der Waals surface area contributed by atoms with Crippen molar-refractivity contribution in [2.45, 2.75) is 187 Å². The van der Waals surface area contributed by atoms with Crippen LogP contribution in [0.4, 0.5) is 9.93 Å². The van der Waals surface area contributed by atoms with Gasteiger partial charge in [-0.05, 0) is 25.7 Å². The number of anilines is 1. The molecule has 0 fully saturated rings. The maximum absolute atomic E-state index is 12.8. The first kappa shape index (κ1) is 38.4. The number of ether oxygens (including phenoxy) is 2. The molecular formula is C36H65N3O4S. The van der Waals surface area contributed by atoms with Gasteiger partial charge < -0.3 is 20.1 Å². The Bertz CT molecular complexity index is 878. The second-order valence-corrected chi connectivity index (χ2v) is 14.0. The number of carbonyl (C=O) groups is 2. The molecule has 1 atom stereocenters. The van der Waals surface area contributed by atoms with Gasteiger partial charge in [-0.3, -0.25) is 4.79 Å². The van der Waals surface area contributed by atoms with E-state index in [2.05, 4.69) is 11.9 Å². The van der Waals surface area contributed by atoms with Crippen molar-refractivity contribution in [3.8, 4) is 0 Å². The zero-order chi connectivity index (χ0) is 31.7. The molecule has 1 amide bonds. The van der Waals surface area contributed by atoms with Gasteiger partial charge in [-0.15, -0.1) is 11.3 Å². The van der Waals surface area contributed by atoms with Crippen LogP contribution >= 0.6 is 11.3 Å². The van der Waals surface area contributed by atoms with Gasteiger partial charge in [0.1, 0.15) is 0 Å². The summed E-state index contributed by atoms with van der Waals surface area (Å²) in [5.74, 6) is -0.292. The van der Waals surface area contributed by atoms with Crippen molar-refractivity contribution >= 4 is 28.5 Å². The number of hydrogen-bond acceptors (Lipinski definition) is 7. The van der Waals surface area contributed by atoms with Crippen molar-refractivity contribution in [3.05, 3.63) is 10.6 Å². The lowest BCUT2D eigenvalue weighted by Crippen LogP contribution is -2.44. The number of nitrogen functional groups attached to an aromatic ring is 1.